The molecule has 0 N–H and O–H groups in total. The number of halogens is 1. The average molecular weight is 259 g/mol. The Hall–Kier alpha value is -0.150. The minimum atomic E-state index is 0.479. The van der Waals surface area contributed by atoms with Crippen LogP contribution < -0.4 is 4.74 Å². The maximum Gasteiger partial charge on any atom is 0.120 e. The van der Waals surface area contributed by atoms with E-state index in [0.717, 1.165) is 10.2 Å². The van der Waals surface area contributed by atoms with Gasteiger partial charge in [-0.05, 0) is 53.2 Å². The van der Waals surface area contributed by atoms with E-state index < -0.39 is 0 Å². The van der Waals surface area contributed by atoms with Gasteiger partial charge in [0.25, 0.3) is 0 Å². The summed E-state index contributed by atoms with van der Waals surface area (Å²) in [7, 11) is 0. The topological polar surface area (TPSA) is 9.23 Å². The van der Waals surface area contributed by atoms with Crippen LogP contribution in [0.3, 0.4) is 0 Å². The molecule has 0 aromatic heterocycles. The van der Waals surface area contributed by atoms with Crippen LogP contribution in [-0.2, 0) is 0 Å². The molecule has 1 aromatic rings. The number of ether oxygens (including phenoxy) is 1. The van der Waals surface area contributed by atoms with Gasteiger partial charge in [0.05, 0.1) is 6.10 Å². The molecule has 2 rings (SSSR count). The van der Waals surface area contributed by atoms with E-state index in [0.29, 0.717) is 6.10 Å². The first-order valence-corrected chi connectivity index (χ1v) is 6.31. The Kier molecular flexibility index (Phi) is 2.84. The van der Waals surface area contributed by atoms with E-state index in [1.54, 1.807) is 11.8 Å². The summed E-state index contributed by atoms with van der Waals surface area (Å²) >= 11 is 5.25. The first kappa shape index (κ1) is 9.41. The van der Waals surface area contributed by atoms with E-state index in [4.69, 9.17) is 4.74 Å². The third kappa shape index (κ3) is 2.41. The highest BCUT2D eigenvalue weighted by atomic mass is 79.9. The van der Waals surface area contributed by atoms with Crippen molar-refractivity contribution >= 4 is 27.7 Å². The highest BCUT2D eigenvalue weighted by Crippen LogP contribution is 2.32. The number of benzene rings is 1. The van der Waals surface area contributed by atoms with Crippen molar-refractivity contribution in [2.45, 2.75) is 23.8 Å². The third-order valence-electron chi connectivity index (χ3n) is 1.95. The molecule has 0 aliphatic heterocycles. The minimum Gasteiger partial charge on any atom is -0.490 e. The summed E-state index contributed by atoms with van der Waals surface area (Å²) in [6, 6.07) is 6.17. The van der Waals surface area contributed by atoms with Gasteiger partial charge in [0.1, 0.15) is 5.75 Å². The molecule has 0 unspecified atom stereocenters. The van der Waals surface area contributed by atoms with Crippen molar-refractivity contribution in [2.75, 3.05) is 6.26 Å². The zero-order valence-corrected chi connectivity index (χ0v) is 9.82. The maximum atomic E-state index is 5.67. The smallest absolute Gasteiger partial charge is 0.120 e. The van der Waals surface area contributed by atoms with Crippen molar-refractivity contribution in [3.05, 3.63) is 22.7 Å². The Morgan fingerprint density at radius 1 is 1.46 bits per heavy atom. The molecule has 0 amide bonds. The van der Waals surface area contributed by atoms with Crippen molar-refractivity contribution in [3.8, 4) is 5.75 Å². The Labute approximate surface area is 91.0 Å². The summed E-state index contributed by atoms with van der Waals surface area (Å²) in [5.74, 6) is 0.979. The normalized spacial score (nSPS) is 15.8. The molecule has 0 bridgehead atoms. The van der Waals surface area contributed by atoms with Crippen LogP contribution in [0.15, 0.2) is 27.6 Å². The fraction of sp³-hybridized carbons (Fsp3) is 0.400. The van der Waals surface area contributed by atoms with Gasteiger partial charge < -0.3 is 4.74 Å². The molecule has 0 saturated heterocycles. The molecule has 1 aliphatic carbocycles. The molecule has 0 spiro atoms. The van der Waals surface area contributed by atoms with Crippen LogP contribution in [0, 0.1) is 0 Å². The van der Waals surface area contributed by atoms with E-state index >= 15 is 0 Å². The van der Waals surface area contributed by atoms with Gasteiger partial charge in [0.15, 0.2) is 0 Å². The van der Waals surface area contributed by atoms with Gasteiger partial charge in [0.2, 0.25) is 0 Å². The lowest BCUT2D eigenvalue weighted by Gasteiger charge is -2.06. The predicted molar refractivity (Wildman–Crippen MR) is 59.6 cm³/mol. The van der Waals surface area contributed by atoms with Gasteiger partial charge in [-0.1, -0.05) is 0 Å². The summed E-state index contributed by atoms with van der Waals surface area (Å²) in [5.41, 5.74) is 0. The number of hydrogen-bond donors (Lipinski definition) is 0. The standard InChI is InChI=1S/C10H11BrOS/c1-13-10-5-4-8(6-9(10)11)12-7-2-3-7/h4-7H,2-3H2,1H3. The number of hydrogen-bond acceptors (Lipinski definition) is 2. The molecule has 1 fully saturated rings. The molecule has 3 heteroatoms. The largest absolute Gasteiger partial charge is 0.490 e. The summed E-state index contributed by atoms with van der Waals surface area (Å²) in [6.45, 7) is 0. The highest BCUT2D eigenvalue weighted by molar-refractivity contribution is 9.10. The SMILES string of the molecule is CSc1ccc(OC2CC2)cc1Br. The lowest BCUT2D eigenvalue weighted by Crippen LogP contribution is -1.95. The Bertz CT molecular complexity index is 310. The second kappa shape index (κ2) is 3.93. The molecule has 0 radical (unpaired) electrons. The van der Waals surface area contributed by atoms with E-state index in [2.05, 4.69) is 28.3 Å². The molecule has 0 heterocycles. The van der Waals surface area contributed by atoms with Crippen LogP contribution in [0.1, 0.15) is 12.8 Å². The van der Waals surface area contributed by atoms with Gasteiger partial charge in [0, 0.05) is 9.37 Å². The predicted octanol–water partition coefficient (Wildman–Crippen LogP) is 3.71. The summed E-state index contributed by atoms with van der Waals surface area (Å²) < 4.78 is 6.79. The monoisotopic (exact) mass is 258 g/mol. The maximum absolute atomic E-state index is 5.67. The summed E-state index contributed by atoms with van der Waals surface area (Å²) in [5, 5.41) is 0. The zero-order valence-electron chi connectivity index (χ0n) is 7.42. The molecule has 0 atom stereocenters. The van der Waals surface area contributed by atoms with E-state index in [1.165, 1.54) is 17.7 Å². The number of thioether (sulfide) groups is 1. The zero-order chi connectivity index (χ0) is 9.26. The van der Waals surface area contributed by atoms with Gasteiger partial charge in [-0.3, -0.25) is 0 Å². The van der Waals surface area contributed by atoms with Gasteiger partial charge >= 0.3 is 0 Å². The fourth-order valence-electron chi connectivity index (χ4n) is 1.10. The molecule has 1 nitrogen and oxygen atoms in total. The van der Waals surface area contributed by atoms with Crippen molar-refractivity contribution < 1.29 is 4.74 Å². The van der Waals surface area contributed by atoms with E-state index in [1.807, 2.05) is 12.1 Å². The first-order valence-electron chi connectivity index (χ1n) is 4.30. The van der Waals surface area contributed by atoms with Crippen LogP contribution in [0.2, 0.25) is 0 Å². The Balaban J connectivity index is 2.13. The van der Waals surface area contributed by atoms with Crippen molar-refractivity contribution in [3.63, 3.8) is 0 Å². The molecule has 1 aliphatic rings. The molecule has 1 aromatic carbocycles. The van der Waals surface area contributed by atoms with Crippen LogP contribution in [0.25, 0.3) is 0 Å². The molecular formula is C10H11BrOS. The van der Waals surface area contributed by atoms with Crippen LogP contribution >= 0.6 is 27.7 Å². The van der Waals surface area contributed by atoms with Crippen LogP contribution in [-0.4, -0.2) is 12.4 Å². The minimum absolute atomic E-state index is 0.479. The lowest BCUT2D eigenvalue weighted by molar-refractivity contribution is 0.303. The fourth-order valence-corrected chi connectivity index (χ4v) is 2.40. The third-order valence-corrected chi connectivity index (χ3v) is 3.66. The Morgan fingerprint density at radius 3 is 2.77 bits per heavy atom. The van der Waals surface area contributed by atoms with Crippen molar-refractivity contribution in [1.82, 2.24) is 0 Å². The summed E-state index contributed by atoms with van der Waals surface area (Å²) in [6.07, 6.45) is 4.97. The molecule has 13 heavy (non-hydrogen) atoms. The highest BCUT2D eigenvalue weighted by Gasteiger charge is 2.23. The van der Waals surface area contributed by atoms with E-state index in [-0.39, 0.29) is 0 Å². The lowest BCUT2D eigenvalue weighted by atomic mass is 10.3. The van der Waals surface area contributed by atoms with E-state index in [9.17, 15) is 0 Å². The van der Waals surface area contributed by atoms with Crippen LogP contribution in [0.4, 0.5) is 0 Å². The second-order valence-corrected chi connectivity index (χ2v) is 4.82. The molecule has 1 saturated carbocycles. The average Bonchev–Trinajstić information content (AvgIpc) is 2.89. The van der Waals surface area contributed by atoms with Crippen molar-refractivity contribution in [2.24, 2.45) is 0 Å². The van der Waals surface area contributed by atoms with Crippen molar-refractivity contribution in [1.29, 1.82) is 0 Å². The molecular weight excluding hydrogens is 248 g/mol. The number of rotatable bonds is 3. The second-order valence-electron chi connectivity index (χ2n) is 3.11. The quantitative estimate of drug-likeness (QED) is 0.765. The van der Waals surface area contributed by atoms with Gasteiger partial charge in [-0.15, -0.1) is 11.8 Å². The molecule has 70 valence electrons. The van der Waals surface area contributed by atoms with Gasteiger partial charge in [-0.2, -0.15) is 0 Å². The summed E-state index contributed by atoms with van der Waals surface area (Å²) in [4.78, 5) is 1.25. The Morgan fingerprint density at radius 2 is 2.23 bits per heavy atom. The first-order chi connectivity index (χ1) is 6.29. The van der Waals surface area contributed by atoms with Gasteiger partial charge in [-0.25, -0.2) is 0 Å². The van der Waals surface area contributed by atoms with Crippen LogP contribution in [0.5, 0.6) is 5.75 Å².